The molecule has 21 heavy (non-hydrogen) atoms. The van der Waals surface area contributed by atoms with Crippen molar-refractivity contribution in [2.24, 2.45) is 0 Å². The highest BCUT2D eigenvalue weighted by atomic mass is 16.4. The lowest BCUT2D eigenvalue weighted by Crippen LogP contribution is -2.62. The predicted molar refractivity (Wildman–Crippen MR) is 73.4 cm³/mol. The van der Waals surface area contributed by atoms with Gasteiger partial charge in [0.2, 0.25) is 11.8 Å². The molecule has 1 fully saturated rings. The fourth-order valence-electron chi connectivity index (χ4n) is 2.23. The Morgan fingerprint density at radius 2 is 2.05 bits per heavy atom. The van der Waals surface area contributed by atoms with Gasteiger partial charge in [0, 0.05) is 12.6 Å². The zero-order valence-electron chi connectivity index (χ0n) is 12.5. The van der Waals surface area contributed by atoms with Gasteiger partial charge in [0.1, 0.15) is 12.6 Å². The number of piperazine rings is 1. The van der Waals surface area contributed by atoms with Crippen LogP contribution in [0.1, 0.15) is 33.6 Å². The number of urea groups is 1. The van der Waals surface area contributed by atoms with Crippen molar-refractivity contribution in [2.75, 3.05) is 13.1 Å². The number of carbonyl (C=O) groups excluding carboxylic acids is 3. The summed E-state index contributed by atoms with van der Waals surface area (Å²) in [5.74, 6) is -2.03. The average Bonchev–Trinajstić information content (AvgIpc) is 2.37. The lowest BCUT2D eigenvalue weighted by molar-refractivity contribution is -0.140. The molecule has 4 amide bonds. The van der Waals surface area contributed by atoms with Crippen molar-refractivity contribution < 1.29 is 24.3 Å². The van der Waals surface area contributed by atoms with Crippen molar-refractivity contribution in [3.05, 3.63) is 0 Å². The minimum Gasteiger partial charge on any atom is -0.481 e. The normalized spacial score (nSPS) is 18.7. The maximum absolute atomic E-state index is 12.5. The fourth-order valence-corrected chi connectivity index (χ4v) is 2.23. The molecule has 0 aromatic rings. The van der Waals surface area contributed by atoms with Crippen LogP contribution < -0.4 is 5.32 Å². The fraction of sp³-hybridized carbons (Fsp3) is 0.692. The first-order valence-electron chi connectivity index (χ1n) is 6.90. The van der Waals surface area contributed by atoms with E-state index >= 15 is 0 Å². The third-order valence-electron chi connectivity index (χ3n) is 3.32. The van der Waals surface area contributed by atoms with Gasteiger partial charge in [0.05, 0.1) is 6.42 Å². The Morgan fingerprint density at radius 3 is 2.52 bits per heavy atom. The molecule has 1 atom stereocenters. The Bertz CT molecular complexity index is 449. The number of nitrogens with one attached hydrogen (secondary N) is 1. The largest absolute Gasteiger partial charge is 0.481 e. The first-order valence-corrected chi connectivity index (χ1v) is 6.90. The van der Waals surface area contributed by atoms with E-state index in [1.54, 1.807) is 20.8 Å². The van der Waals surface area contributed by atoms with E-state index in [1.165, 1.54) is 9.80 Å². The molecule has 118 valence electrons. The molecule has 1 aliphatic rings. The number of imide groups is 1. The number of hydrogen-bond acceptors (Lipinski definition) is 4. The monoisotopic (exact) mass is 299 g/mol. The summed E-state index contributed by atoms with van der Waals surface area (Å²) < 4.78 is 0. The number of carboxylic acids is 1. The number of rotatable bonds is 5. The molecule has 1 aliphatic heterocycles. The molecule has 0 bridgehead atoms. The summed E-state index contributed by atoms with van der Waals surface area (Å²) in [7, 11) is 0. The number of nitrogens with zero attached hydrogens (tertiary/aromatic N) is 2. The Kier molecular flexibility index (Phi) is 5.69. The van der Waals surface area contributed by atoms with E-state index in [2.05, 4.69) is 5.32 Å². The van der Waals surface area contributed by atoms with Crippen molar-refractivity contribution in [3.63, 3.8) is 0 Å². The summed E-state index contributed by atoms with van der Waals surface area (Å²) in [4.78, 5) is 49.0. The molecule has 0 aromatic carbocycles. The van der Waals surface area contributed by atoms with Crippen LogP contribution in [-0.4, -0.2) is 63.9 Å². The van der Waals surface area contributed by atoms with Crippen molar-refractivity contribution in [1.82, 2.24) is 15.1 Å². The molecule has 1 heterocycles. The van der Waals surface area contributed by atoms with Crippen molar-refractivity contribution in [3.8, 4) is 0 Å². The molecule has 1 saturated heterocycles. The molecule has 0 spiro atoms. The summed E-state index contributed by atoms with van der Waals surface area (Å²) in [5, 5.41) is 10.9. The van der Waals surface area contributed by atoms with Gasteiger partial charge in [-0.1, -0.05) is 6.92 Å². The molecular weight excluding hydrogens is 278 g/mol. The van der Waals surface area contributed by atoms with E-state index in [0.29, 0.717) is 6.42 Å². The zero-order valence-corrected chi connectivity index (χ0v) is 12.5. The number of aliphatic carboxylic acids is 1. The van der Waals surface area contributed by atoms with Crippen molar-refractivity contribution in [2.45, 2.75) is 45.7 Å². The van der Waals surface area contributed by atoms with E-state index in [9.17, 15) is 19.2 Å². The molecule has 0 aromatic heterocycles. The molecular formula is C13H21N3O5. The number of hydrogen-bond donors (Lipinski definition) is 2. The van der Waals surface area contributed by atoms with Gasteiger partial charge >= 0.3 is 12.0 Å². The molecule has 8 nitrogen and oxygen atoms in total. The smallest absolute Gasteiger partial charge is 0.321 e. The van der Waals surface area contributed by atoms with Crippen LogP contribution >= 0.6 is 0 Å². The van der Waals surface area contributed by atoms with Crippen LogP contribution in [-0.2, 0) is 14.4 Å². The first kappa shape index (κ1) is 16.9. The number of amides is 4. The van der Waals surface area contributed by atoms with Gasteiger partial charge in [-0.25, -0.2) is 4.79 Å². The number of carbonyl (C=O) groups is 4. The predicted octanol–water partition coefficient (Wildman–Crippen LogP) is 0.0285. The summed E-state index contributed by atoms with van der Waals surface area (Å²) in [6.45, 7) is 5.10. The van der Waals surface area contributed by atoms with Crippen LogP contribution in [0.25, 0.3) is 0 Å². The zero-order chi connectivity index (χ0) is 16.2. The quantitative estimate of drug-likeness (QED) is 0.696. The lowest BCUT2D eigenvalue weighted by Gasteiger charge is -2.38. The van der Waals surface area contributed by atoms with Crippen molar-refractivity contribution in [1.29, 1.82) is 0 Å². The van der Waals surface area contributed by atoms with Gasteiger partial charge in [-0.3, -0.25) is 19.7 Å². The Morgan fingerprint density at radius 1 is 1.43 bits per heavy atom. The molecule has 1 rings (SSSR count). The van der Waals surface area contributed by atoms with Gasteiger partial charge in [-0.2, -0.15) is 0 Å². The molecule has 2 N–H and O–H groups in total. The number of carboxylic acid groups (broad SMARTS) is 1. The van der Waals surface area contributed by atoms with E-state index < -0.39 is 29.9 Å². The van der Waals surface area contributed by atoms with E-state index in [0.717, 1.165) is 0 Å². The Balaban J connectivity index is 2.91. The van der Waals surface area contributed by atoms with Gasteiger partial charge in [-0.05, 0) is 20.3 Å². The summed E-state index contributed by atoms with van der Waals surface area (Å²) in [6.07, 6.45) is 0.199. The second-order valence-corrected chi connectivity index (χ2v) is 5.18. The molecule has 0 saturated carbocycles. The highest BCUT2D eigenvalue weighted by Gasteiger charge is 2.38. The van der Waals surface area contributed by atoms with Gasteiger partial charge in [0.15, 0.2) is 0 Å². The topological polar surface area (TPSA) is 107 Å². The maximum Gasteiger partial charge on any atom is 0.321 e. The summed E-state index contributed by atoms with van der Waals surface area (Å²) >= 11 is 0. The lowest BCUT2D eigenvalue weighted by atomic mass is 10.1. The van der Waals surface area contributed by atoms with Crippen LogP contribution in [0.2, 0.25) is 0 Å². The van der Waals surface area contributed by atoms with Crippen LogP contribution in [0, 0.1) is 0 Å². The summed E-state index contributed by atoms with van der Waals surface area (Å²) in [5.41, 5.74) is 0. The Labute approximate surface area is 123 Å². The highest BCUT2D eigenvalue weighted by molar-refractivity contribution is 6.04. The molecule has 1 unspecified atom stereocenters. The van der Waals surface area contributed by atoms with Gasteiger partial charge in [0.25, 0.3) is 0 Å². The van der Waals surface area contributed by atoms with Crippen LogP contribution in [0.15, 0.2) is 0 Å². The van der Waals surface area contributed by atoms with Gasteiger partial charge in [-0.15, -0.1) is 0 Å². The van der Waals surface area contributed by atoms with E-state index in [-0.39, 0.29) is 25.6 Å². The minimum atomic E-state index is -1.01. The maximum atomic E-state index is 12.5. The highest BCUT2D eigenvalue weighted by Crippen LogP contribution is 2.14. The van der Waals surface area contributed by atoms with E-state index in [1.807, 2.05) is 0 Å². The third-order valence-corrected chi connectivity index (χ3v) is 3.32. The van der Waals surface area contributed by atoms with Crippen molar-refractivity contribution >= 4 is 23.8 Å². The molecule has 0 radical (unpaired) electrons. The first-order chi connectivity index (χ1) is 9.77. The molecule has 8 heteroatoms. The SMILES string of the molecule is CCC1C(=O)NC(=O)CN1C(=O)N(CCC(=O)O)C(C)C. The standard InChI is InChI=1S/C13H21N3O5/c1-4-9-12(20)14-10(17)7-16(9)13(21)15(8(2)3)6-5-11(18)19/h8-9H,4-7H2,1-3H3,(H,18,19)(H,14,17,20). The van der Waals surface area contributed by atoms with Crippen LogP contribution in [0.5, 0.6) is 0 Å². The summed E-state index contributed by atoms with van der Waals surface area (Å²) in [6, 6.07) is -1.42. The van der Waals surface area contributed by atoms with Crippen LogP contribution in [0.4, 0.5) is 4.79 Å². The second kappa shape index (κ2) is 7.05. The Hall–Kier alpha value is -2.12. The minimum absolute atomic E-state index is 0.0363. The van der Waals surface area contributed by atoms with Gasteiger partial charge < -0.3 is 14.9 Å². The average molecular weight is 299 g/mol. The van der Waals surface area contributed by atoms with E-state index in [4.69, 9.17) is 5.11 Å². The van der Waals surface area contributed by atoms with Crippen LogP contribution in [0.3, 0.4) is 0 Å². The second-order valence-electron chi connectivity index (χ2n) is 5.18. The third kappa shape index (κ3) is 4.17. The molecule has 0 aliphatic carbocycles.